The Balaban J connectivity index is 0. The first kappa shape index (κ1) is 21.1. The molecule has 0 amide bonds. The minimum absolute atomic E-state index is 0. The Morgan fingerprint density at radius 3 is 1.16 bits per heavy atom. The molecule has 1 nitrogen and oxygen atoms in total. The van der Waals surface area contributed by atoms with Crippen LogP contribution in [0.1, 0.15) is 31.9 Å². The molecule has 0 aliphatic rings. The standard InChI is InChI=1S/2C7H9.C2H5ClO.Zr/c2*1-2-7-5-3-4-6-7;1-2-4-3;/h2*3-6H,2H2,1H3;2H2,1H3;/q2*-1;;+2. The maximum Gasteiger partial charge on any atom is 2.00 e. The van der Waals surface area contributed by atoms with E-state index in [4.69, 9.17) is 0 Å². The Labute approximate surface area is 142 Å². The maximum absolute atomic E-state index is 4.69. The van der Waals surface area contributed by atoms with Crippen molar-refractivity contribution in [1.82, 2.24) is 0 Å². The molecule has 0 fully saturated rings. The Morgan fingerprint density at radius 1 is 0.789 bits per heavy atom. The summed E-state index contributed by atoms with van der Waals surface area (Å²) in [5.41, 5.74) is 2.86. The van der Waals surface area contributed by atoms with Crippen molar-refractivity contribution in [3.8, 4) is 0 Å². The van der Waals surface area contributed by atoms with Gasteiger partial charge in [-0.3, -0.25) is 4.29 Å². The average molecular weight is 358 g/mol. The fourth-order valence-corrected chi connectivity index (χ4v) is 1.30. The van der Waals surface area contributed by atoms with Crippen LogP contribution >= 0.6 is 11.9 Å². The van der Waals surface area contributed by atoms with Crippen LogP contribution in [0.25, 0.3) is 0 Å². The Morgan fingerprint density at radius 2 is 1.05 bits per heavy atom. The molecule has 0 radical (unpaired) electrons. The number of hydrogen-bond donors (Lipinski definition) is 0. The van der Waals surface area contributed by atoms with Crippen LogP contribution in [0.15, 0.2) is 48.5 Å². The van der Waals surface area contributed by atoms with E-state index < -0.39 is 0 Å². The zero-order valence-electron chi connectivity index (χ0n) is 12.0. The second-order valence-electron chi connectivity index (χ2n) is 3.69. The minimum atomic E-state index is 0. The minimum Gasteiger partial charge on any atom is -0.280 e. The number of halogens is 1. The van der Waals surface area contributed by atoms with E-state index in [1.54, 1.807) is 0 Å². The van der Waals surface area contributed by atoms with Crippen molar-refractivity contribution in [2.75, 3.05) is 6.61 Å². The van der Waals surface area contributed by atoms with Gasteiger partial charge < -0.3 is 0 Å². The molecule has 0 aliphatic carbocycles. The van der Waals surface area contributed by atoms with Gasteiger partial charge in [0.2, 0.25) is 0 Å². The van der Waals surface area contributed by atoms with Gasteiger partial charge in [0, 0.05) is 0 Å². The van der Waals surface area contributed by atoms with Gasteiger partial charge in [0.25, 0.3) is 0 Å². The first-order chi connectivity index (χ1) is 8.78. The Kier molecular flexibility index (Phi) is 17.7. The van der Waals surface area contributed by atoms with E-state index in [9.17, 15) is 0 Å². The summed E-state index contributed by atoms with van der Waals surface area (Å²) in [4.78, 5) is 0. The van der Waals surface area contributed by atoms with Crippen LogP contribution in [0.5, 0.6) is 0 Å². The Bertz CT molecular complexity index is 304. The molecular formula is C16H23ClOZr. The SMILES string of the molecule is CCOCl.CC[c-]1cccc1.CC[c-]1cccc1.[Zr+2]. The topological polar surface area (TPSA) is 9.23 Å². The smallest absolute Gasteiger partial charge is 0.280 e. The second-order valence-corrected chi connectivity index (χ2v) is 3.91. The molecule has 3 heteroatoms. The zero-order chi connectivity index (χ0) is 13.6. The van der Waals surface area contributed by atoms with Gasteiger partial charge in [-0.05, 0) is 6.92 Å². The van der Waals surface area contributed by atoms with Gasteiger partial charge in [0.1, 0.15) is 0 Å². The summed E-state index contributed by atoms with van der Waals surface area (Å²) in [6.07, 6.45) is 2.32. The van der Waals surface area contributed by atoms with Crippen molar-refractivity contribution in [2.45, 2.75) is 33.6 Å². The van der Waals surface area contributed by atoms with E-state index in [1.807, 2.05) is 6.92 Å². The molecule has 2 aromatic carbocycles. The number of aryl methyl sites for hydroxylation is 2. The van der Waals surface area contributed by atoms with Gasteiger partial charge in [-0.1, -0.05) is 26.7 Å². The van der Waals surface area contributed by atoms with Crippen molar-refractivity contribution in [3.05, 3.63) is 59.7 Å². The van der Waals surface area contributed by atoms with Gasteiger partial charge >= 0.3 is 26.2 Å². The van der Waals surface area contributed by atoms with Gasteiger partial charge in [-0.25, -0.2) is 24.3 Å². The van der Waals surface area contributed by atoms with E-state index in [-0.39, 0.29) is 26.2 Å². The molecule has 0 bridgehead atoms. The number of rotatable bonds is 3. The molecule has 0 unspecified atom stereocenters. The van der Waals surface area contributed by atoms with Gasteiger partial charge in [0.05, 0.1) is 18.5 Å². The van der Waals surface area contributed by atoms with Crippen LogP contribution in [0.4, 0.5) is 0 Å². The molecule has 0 atom stereocenters. The van der Waals surface area contributed by atoms with Gasteiger partial charge in [0.15, 0.2) is 0 Å². The van der Waals surface area contributed by atoms with Crippen LogP contribution in [0, 0.1) is 0 Å². The van der Waals surface area contributed by atoms with Crippen molar-refractivity contribution < 1.29 is 30.5 Å². The van der Waals surface area contributed by atoms with Crippen LogP contribution < -0.4 is 0 Å². The molecule has 0 aromatic heterocycles. The molecular weight excluding hydrogens is 335 g/mol. The molecule has 0 N–H and O–H groups in total. The summed E-state index contributed by atoms with van der Waals surface area (Å²) >= 11 is 4.69. The Hall–Kier alpha value is -0.167. The van der Waals surface area contributed by atoms with Crippen LogP contribution in [-0.4, -0.2) is 6.61 Å². The quantitative estimate of drug-likeness (QED) is 0.693. The summed E-state index contributed by atoms with van der Waals surface area (Å²) in [5, 5.41) is 0. The average Bonchev–Trinajstić information content (AvgIpc) is 3.11. The fourth-order valence-electron chi connectivity index (χ4n) is 1.30. The maximum atomic E-state index is 4.69. The second kappa shape index (κ2) is 15.9. The molecule has 19 heavy (non-hydrogen) atoms. The van der Waals surface area contributed by atoms with E-state index in [0.29, 0.717) is 6.61 Å². The molecule has 0 aliphatic heterocycles. The predicted molar refractivity (Wildman–Crippen MR) is 80.3 cm³/mol. The summed E-state index contributed by atoms with van der Waals surface area (Å²) in [6, 6.07) is 16.8. The monoisotopic (exact) mass is 356 g/mol. The zero-order valence-corrected chi connectivity index (χ0v) is 15.2. The van der Waals surface area contributed by atoms with E-state index in [1.165, 1.54) is 11.1 Å². The van der Waals surface area contributed by atoms with E-state index in [2.05, 4.69) is 78.5 Å². The molecule has 0 saturated heterocycles. The molecule has 0 saturated carbocycles. The fraction of sp³-hybridized carbons (Fsp3) is 0.375. The predicted octanol–water partition coefficient (Wildman–Crippen LogP) is 5.11. The van der Waals surface area contributed by atoms with Crippen molar-refractivity contribution >= 4 is 11.9 Å². The van der Waals surface area contributed by atoms with Crippen LogP contribution in [0.3, 0.4) is 0 Å². The van der Waals surface area contributed by atoms with Gasteiger partial charge in [-0.15, -0.1) is 0 Å². The summed E-state index contributed by atoms with van der Waals surface area (Å²) in [7, 11) is 0. The molecule has 104 valence electrons. The summed E-state index contributed by atoms with van der Waals surface area (Å²) < 4.78 is 4.01. The van der Waals surface area contributed by atoms with Crippen molar-refractivity contribution in [3.63, 3.8) is 0 Å². The number of hydrogen-bond acceptors (Lipinski definition) is 1. The molecule has 0 heterocycles. The largest absolute Gasteiger partial charge is 2.00 e. The van der Waals surface area contributed by atoms with Crippen molar-refractivity contribution in [2.24, 2.45) is 0 Å². The molecule has 0 spiro atoms. The summed E-state index contributed by atoms with van der Waals surface area (Å²) in [5.74, 6) is 0. The first-order valence-corrected chi connectivity index (χ1v) is 6.73. The van der Waals surface area contributed by atoms with E-state index >= 15 is 0 Å². The molecule has 2 aromatic rings. The van der Waals surface area contributed by atoms with Crippen LogP contribution in [-0.2, 0) is 43.3 Å². The first-order valence-electron chi connectivity index (χ1n) is 6.43. The van der Waals surface area contributed by atoms with Crippen LogP contribution in [0.2, 0.25) is 0 Å². The normalized spacial score (nSPS) is 8.42. The van der Waals surface area contributed by atoms with Gasteiger partial charge in [-0.2, -0.15) is 35.4 Å². The third-order valence-corrected chi connectivity index (χ3v) is 2.61. The molecule has 2 rings (SSSR count). The third-order valence-electron chi connectivity index (χ3n) is 2.39. The van der Waals surface area contributed by atoms with Crippen molar-refractivity contribution in [1.29, 1.82) is 0 Å². The van der Waals surface area contributed by atoms with E-state index in [0.717, 1.165) is 12.8 Å². The third kappa shape index (κ3) is 12.6. The summed E-state index contributed by atoms with van der Waals surface area (Å²) in [6.45, 7) is 6.74.